The van der Waals surface area contributed by atoms with Gasteiger partial charge in [-0.05, 0) is 67.5 Å². The van der Waals surface area contributed by atoms with Crippen molar-refractivity contribution >= 4 is 11.9 Å². The van der Waals surface area contributed by atoms with E-state index in [1.54, 1.807) is 6.20 Å². The first-order chi connectivity index (χ1) is 18.1. The summed E-state index contributed by atoms with van der Waals surface area (Å²) in [6.07, 6.45) is 8.92. The number of esters is 1. The van der Waals surface area contributed by atoms with Crippen LogP contribution in [-0.4, -0.2) is 30.0 Å². The van der Waals surface area contributed by atoms with Crippen LogP contribution in [0.2, 0.25) is 0 Å². The minimum Gasteiger partial charge on any atom is -0.487 e. The van der Waals surface area contributed by atoms with Crippen molar-refractivity contribution in [1.82, 2.24) is 10.3 Å². The van der Waals surface area contributed by atoms with Crippen LogP contribution >= 0.6 is 0 Å². The lowest BCUT2D eigenvalue weighted by atomic mass is 10.0. The molecule has 0 unspecified atom stereocenters. The van der Waals surface area contributed by atoms with E-state index in [0.29, 0.717) is 25.9 Å². The molecule has 0 radical (unpaired) electrons. The van der Waals surface area contributed by atoms with Gasteiger partial charge < -0.3 is 14.8 Å². The number of amides is 1. The molecule has 3 aromatic rings. The van der Waals surface area contributed by atoms with Crippen LogP contribution in [0.3, 0.4) is 0 Å². The first-order valence-electron chi connectivity index (χ1n) is 13.1. The molecule has 2 aromatic carbocycles. The molecule has 0 spiro atoms. The van der Waals surface area contributed by atoms with Crippen LogP contribution in [-0.2, 0) is 33.8 Å². The number of unbranched alkanes of at least 4 members (excludes halogenated alkanes) is 3. The van der Waals surface area contributed by atoms with Gasteiger partial charge in [0.25, 0.3) is 0 Å². The number of benzene rings is 2. The quantitative estimate of drug-likeness (QED) is 0.197. The van der Waals surface area contributed by atoms with Crippen LogP contribution < -0.4 is 10.1 Å². The van der Waals surface area contributed by atoms with Crippen molar-refractivity contribution in [3.63, 3.8) is 0 Å². The van der Waals surface area contributed by atoms with Gasteiger partial charge in [-0.15, -0.1) is 0 Å². The second kappa shape index (κ2) is 16.1. The van der Waals surface area contributed by atoms with Gasteiger partial charge in [0.15, 0.2) is 0 Å². The largest absolute Gasteiger partial charge is 0.487 e. The smallest absolute Gasteiger partial charge is 0.305 e. The summed E-state index contributed by atoms with van der Waals surface area (Å²) >= 11 is 0. The maximum absolute atomic E-state index is 12.6. The van der Waals surface area contributed by atoms with Crippen molar-refractivity contribution in [1.29, 1.82) is 0 Å². The number of aromatic nitrogens is 1. The number of methoxy groups -OCH3 is 1. The number of ether oxygens (including phenoxy) is 2. The molecule has 0 saturated carbocycles. The molecule has 0 aliphatic carbocycles. The zero-order valence-electron chi connectivity index (χ0n) is 21.7. The summed E-state index contributed by atoms with van der Waals surface area (Å²) in [6.45, 7) is 0.407. The SMILES string of the molecule is COC(=O)CC[C@@H](Cc1ccc(OCc2ccccn2)cc1)NC(=O)CCCCCCc1ccccc1. The van der Waals surface area contributed by atoms with E-state index in [2.05, 4.69) is 34.6 Å². The second-order valence-corrected chi connectivity index (χ2v) is 9.24. The van der Waals surface area contributed by atoms with E-state index in [1.807, 2.05) is 48.5 Å². The van der Waals surface area contributed by atoms with Crippen molar-refractivity contribution in [2.75, 3.05) is 7.11 Å². The fraction of sp³-hybridized carbons (Fsp3) is 0.387. The van der Waals surface area contributed by atoms with E-state index in [9.17, 15) is 9.59 Å². The Balaban J connectivity index is 1.41. The Labute approximate surface area is 220 Å². The third-order valence-corrected chi connectivity index (χ3v) is 6.27. The zero-order chi connectivity index (χ0) is 26.1. The van der Waals surface area contributed by atoms with Gasteiger partial charge in [-0.2, -0.15) is 0 Å². The summed E-state index contributed by atoms with van der Waals surface area (Å²) in [5.41, 5.74) is 3.30. The lowest BCUT2D eigenvalue weighted by Crippen LogP contribution is -2.36. The number of nitrogens with zero attached hydrogens (tertiary/aromatic N) is 1. The third kappa shape index (κ3) is 11.3. The molecule has 0 saturated heterocycles. The zero-order valence-corrected chi connectivity index (χ0v) is 21.7. The Morgan fingerprint density at radius 3 is 2.32 bits per heavy atom. The molecule has 196 valence electrons. The van der Waals surface area contributed by atoms with Gasteiger partial charge in [-0.1, -0.05) is 61.4 Å². The van der Waals surface area contributed by atoms with Gasteiger partial charge in [-0.3, -0.25) is 14.6 Å². The predicted octanol–water partition coefficient (Wildman–Crippen LogP) is 5.83. The summed E-state index contributed by atoms with van der Waals surface area (Å²) in [5, 5.41) is 3.14. The number of nitrogens with one attached hydrogen (secondary N) is 1. The Morgan fingerprint density at radius 2 is 1.59 bits per heavy atom. The number of rotatable bonds is 16. The Kier molecular flexibility index (Phi) is 12.2. The minimum absolute atomic E-state index is 0.0354. The van der Waals surface area contributed by atoms with Crippen molar-refractivity contribution in [3.8, 4) is 5.75 Å². The molecular weight excluding hydrogens is 464 g/mol. The van der Waals surface area contributed by atoms with Gasteiger partial charge in [-0.25, -0.2) is 0 Å². The molecule has 0 bridgehead atoms. The number of carbonyl (C=O) groups is 2. The van der Waals surface area contributed by atoms with E-state index >= 15 is 0 Å². The van der Waals surface area contributed by atoms with Crippen molar-refractivity contribution < 1.29 is 19.1 Å². The highest BCUT2D eigenvalue weighted by molar-refractivity contribution is 5.76. The lowest BCUT2D eigenvalue weighted by Gasteiger charge is -2.19. The van der Waals surface area contributed by atoms with Crippen molar-refractivity contribution in [2.24, 2.45) is 0 Å². The molecule has 1 amide bonds. The highest BCUT2D eigenvalue weighted by Crippen LogP contribution is 2.17. The first-order valence-corrected chi connectivity index (χ1v) is 13.1. The molecule has 1 heterocycles. The molecule has 0 aliphatic heterocycles. The van der Waals surface area contributed by atoms with Crippen molar-refractivity contribution in [3.05, 3.63) is 95.8 Å². The highest BCUT2D eigenvalue weighted by Gasteiger charge is 2.15. The van der Waals surface area contributed by atoms with Gasteiger partial charge >= 0.3 is 5.97 Å². The monoisotopic (exact) mass is 502 g/mol. The lowest BCUT2D eigenvalue weighted by molar-refractivity contribution is -0.141. The maximum Gasteiger partial charge on any atom is 0.305 e. The maximum atomic E-state index is 12.6. The number of hydrogen-bond acceptors (Lipinski definition) is 5. The second-order valence-electron chi connectivity index (χ2n) is 9.24. The summed E-state index contributed by atoms with van der Waals surface area (Å²) in [7, 11) is 1.39. The molecule has 1 aromatic heterocycles. The molecule has 0 aliphatic rings. The van der Waals surface area contributed by atoms with Gasteiger partial charge in [0.1, 0.15) is 12.4 Å². The molecular formula is C31H38N2O4. The first kappa shape index (κ1) is 27.9. The van der Waals surface area contributed by atoms with Gasteiger partial charge in [0, 0.05) is 25.1 Å². The van der Waals surface area contributed by atoms with Crippen LogP contribution in [0.5, 0.6) is 5.75 Å². The van der Waals surface area contributed by atoms with E-state index < -0.39 is 0 Å². The number of pyridine rings is 1. The highest BCUT2D eigenvalue weighted by atomic mass is 16.5. The average molecular weight is 503 g/mol. The molecule has 6 nitrogen and oxygen atoms in total. The van der Waals surface area contributed by atoms with E-state index in [-0.39, 0.29) is 24.3 Å². The number of carbonyl (C=O) groups excluding carboxylic acids is 2. The third-order valence-electron chi connectivity index (χ3n) is 6.27. The Hall–Kier alpha value is -3.67. The predicted molar refractivity (Wildman–Crippen MR) is 145 cm³/mol. The summed E-state index contributed by atoms with van der Waals surface area (Å²) in [6, 6.07) is 23.9. The minimum atomic E-state index is -0.268. The summed E-state index contributed by atoms with van der Waals surface area (Å²) in [5.74, 6) is 0.529. The van der Waals surface area contributed by atoms with Gasteiger partial charge in [0.2, 0.25) is 5.91 Å². The normalized spacial score (nSPS) is 11.5. The standard InChI is InChI=1S/C31H38N2O4/c1-36-31(35)21-18-27(33-30(34)15-8-3-2-5-11-25-12-6-4-7-13-25)23-26-16-19-29(20-17-26)37-24-28-14-9-10-22-32-28/h4,6-7,9-10,12-14,16-17,19-20,22,27H,2-3,5,8,11,15,18,21,23-24H2,1H3,(H,33,34)/t27-/m0/s1. The fourth-order valence-corrected chi connectivity index (χ4v) is 4.18. The molecule has 37 heavy (non-hydrogen) atoms. The molecule has 0 fully saturated rings. The van der Waals surface area contributed by atoms with E-state index in [1.165, 1.54) is 12.7 Å². The Morgan fingerprint density at radius 1 is 0.838 bits per heavy atom. The number of hydrogen-bond donors (Lipinski definition) is 1. The molecule has 1 atom stereocenters. The average Bonchev–Trinajstić information content (AvgIpc) is 2.94. The van der Waals surface area contributed by atoms with E-state index in [0.717, 1.165) is 49.1 Å². The van der Waals surface area contributed by atoms with Crippen molar-refractivity contribution in [2.45, 2.75) is 70.4 Å². The van der Waals surface area contributed by atoms with Crippen LogP contribution in [0.25, 0.3) is 0 Å². The van der Waals surface area contributed by atoms with E-state index in [4.69, 9.17) is 9.47 Å². The summed E-state index contributed by atoms with van der Waals surface area (Å²) in [4.78, 5) is 28.6. The fourth-order valence-electron chi connectivity index (χ4n) is 4.18. The van der Waals surface area contributed by atoms with Crippen LogP contribution in [0, 0.1) is 0 Å². The van der Waals surface area contributed by atoms with Crippen LogP contribution in [0.15, 0.2) is 79.0 Å². The molecule has 1 N–H and O–H groups in total. The number of aryl methyl sites for hydroxylation is 1. The Bertz CT molecular complexity index is 1060. The van der Waals surface area contributed by atoms with Crippen LogP contribution in [0.1, 0.15) is 61.8 Å². The summed E-state index contributed by atoms with van der Waals surface area (Å²) < 4.78 is 10.6. The molecule has 6 heteroatoms. The molecule has 3 rings (SSSR count). The topological polar surface area (TPSA) is 77.5 Å². The van der Waals surface area contributed by atoms with Crippen LogP contribution in [0.4, 0.5) is 0 Å². The van der Waals surface area contributed by atoms with Gasteiger partial charge in [0.05, 0.1) is 12.8 Å².